The molecule has 1 rings (SSSR count). The van der Waals surface area contributed by atoms with Crippen LogP contribution in [0.4, 0.5) is 5.69 Å². The van der Waals surface area contributed by atoms with Gasteiger partial charge in [-0.1, -0.05) is 11.6 Å². The summed E-state index contributed by atoms with van der Waals surface area (Å²) in [6.45, 7) is 3.91. The molecule has 0 heterocycles. The van der Waals surface area contributed by atoms with E-state index in [1.807, 2.05) is 26.0 Å². The number of hydrogen-bond donors (Lipinski definition) is 1. The van der Waals surface area contributed by atoms with E-state index in [0.717, 1.165) is 21.8 Å². The second-order valence-electron chi connectivity index (χ2n) is 2.45. The Hall–Kier alpha value is -0.690. The third kappa shape index (κ3) is 1.24. The van der Waals surface area contributed by atoms with E-state index in [1.165, 1.54) is 0 Å². The number of benzene rings is 1. The lowest BCUT2D eigenvalue weighted by Gasteiger charge is -2.03. The second-order valence-corrected chi connectivity index (χ2v) is 2.89. The van der Waals surface area contributed by atoms with Gasteiger partial charge in [-0.15, -0.1) is 0 Å². The molecule has 10 heavy (non-hydrogen) atoms. The maximum absolute atomic E-state index is 5.77. The minimum atomic E-state index is 0.754. The molecule has 54 valence electrons. The fourth-order valence-corrected chi connectivity index (χ4v) is 1.25. The van der Waals surface area contributed by atoms with Crippen molar-refractivity contribution in [3.63, 3.8) is 0 Å². The average molecular weight is 156 g/mol. The highest BCUT2D eigenvalue weighted by Gasteiger charge is 1.98. The number of halogens is 1. The first-order valence-corrected chi connectivity index (χ1v) is 3.51. The van der Waals surface area contributed by atoms with Gasteiger partial charge in [-0.2, -0.15) is 0 Å². The number of hydrogen-bond acceptors (Lipinski definition) is 1. The van der Waals surface area contributed by atoms with Crippen molar-refractivity contribution in [1.82, 2.24) is 0 Å². The van der Waals surface area contributed by atoms with E-state index in [9.17, 15) is 0 Å². The largest absolute Gasteiger partial charge is 0.398 e. The minimum absolute atomic E-state index is 0.754. The topological polar surface area (TPSA) is 26.0 Å². The molecular weight excluding hydrogens is 146 g/mol. The van der Waals surface area contributed by atoms with Crippen LogP contribution in [0.1, 0.15) is 11.1 Å². The molecule has 0 aromatic heterocycles. The predicted octanol–water partition coefficient (Wildman–Crippen LogP) is 2.54. The standard InChI is InChI=1S/C8H10ClN/c1-5-3-7(9)4-6(2)8(5)10/h3-4H,10H2,1-2H3. The van der Waals surface area contributed by atoms with E-state index in [-0.39, 0.29) is 0 Å². The van der Waals surface area contributed by atoms with Crippen molar-refractivity contribution in [2.45, 2.75) is 13.8 Å². The molecule has 0 spiro atoms. The van der Waals surface area contributed by atoms with Gasteiger partial charge in [-0.3, -0.25) is 0 Å². The smallest absolute Gasteiger partial charge is 0.0412 e. The summed E-state index contributed by atoms with van der Waals surface area (Å²) in [5, 5.41) is 0.754. The molecular formula is C8H10ClN. The third-order valence-corrected chi connectivity index (χ3v) is 1.78. The van der Waals surface area contributed by atoms with Crippen LogP contribution in [-0.2, 0) is 0 Å². The van der Waals surface area contributed by atoms with Crippen molar-refractivity contribution in [3.05, 3.63) is 28.3 Å². The molecule has 1 aromatic carbocycles. The van der Waals surface area contributed by atoms with Gasteiger partial charge in [0.05, 0.1) is 0 Å². The Bertz CT molecular complexity index is 232. The van der Waals surface area contributed by atoms with Crippen LogP contribution >= 0.6 is 11.6 Å². The molecule has 0 bridgehead atoms. The first-order valence-electron chi connectivity index (χ1n) is 3.13. The van der Waals surface area contributed by atoms with Gasteiger partial charge in [0, 0.05) is 10.7 Å². The summed E-state index contributed by atoms with van der Waals surface area (Å²) in [5.74, 6) is 0. The van der Waals surface area contributed by atoms with Crippen LogP contribution in [0.25, 0.3) is 0 Å². The van der Waals surface area contributed by atoms with Crippen LogP contribution in [0.15, 0.2) is 12.1 Å². The number of rotatable bonds is 0. The zero-order valence-corrected chi connectivity index (χ0v) is 6.87. The molecule has 0 aliphatic carbocycles. The molecule has 0 fully saturated rings. The molecule has 0 unspecified atom stereocenters. The van der Waals surface area contributed by atoms with Gasteiger partial charge >= 0.3 is 0 Å². The van der Waals surface area contributed by atoms with Gasteiger partial charge in [-0.05, 0) is 37.1 Å². The lowest BCUT2D eigenvalue weighted by molar-refractivity contribution is 1.39. The Morgan fingerprint density at radius 1 is 1.20 bits per heavy atom. The molecule has 0 aliphatic rings. The summed E-state index contributed by atoms with van der Waals surface area (Å²) < 4.78 is 0. The van der Waals surface area contributed by atoms with E-state index >= 15 is 0 Å². The lowest BCUT2D eigenvalue weighted by atomic mass is 10.1. The van der Waals surface area contributed by atoms with Crippen LogP contribution < -0.4 is 5.73 Å². The maximum atomic E-state index is 5.77. The first kappa shape index (κ1) is 7.42. The predicted molar refractivity (Wildman–Crippen MR) is 45.3 cm³/mol. The van der Waals surface area contributed by atoms with Crippen molar-refractivity contribution in [1.29, 1.82) is 0 Å². The Morgan fingerprint density at radius 3 is 2.00 bits per heavy atom. The Kier molecular flexibility index (Phi) is 1.86. The Labute approximate surface area is 65.8 Å². The number of anilines is 1. The average Bonchev–Trinajstić information content (AvgIpc) is 1.82. The van der Waals surface area contributed by atoms with E-state index in [0.29, 0.717) is 0 Å². The van der Waals surface area contributed by atoms with E-state index in [1.54, 1.807) is 0 Å². The highest BCUT2D eigenvalue weighted by Crippen LogP contribution is 2.21. The molecule has 0 saturated carbocycles. The van der Waals surface area contributed by atoms with Crippen LogP contribution in [0, 0.1) is 13.8 Å². The summed E-state index contributed by atoms with van der Waals surface area (Å²) >= 11 is 5.77. The van der Waals surface area contributed by atoms with E-state index in [2.05, 4.69) is 0 Å². The molecule has 1 aromatic rings. The number of nitrogen functional groups attached to an aromatic ring is 1. The van der Waals surface area contributed by atoms with Gasteiger partial charge in [0.1, 0.15) is 0 Å². The SMILES string of the molecule is Cc1cc(Cl)cc(C)c1N. The van der Waals surface area contributed by atoms with Crippen molar-refractivity contribution in [3.8, 4) is 0 Å². The van der Waals surface area contributed by atoms with Crippen molar-refractivity contribution >= 4 is 17.3 Å². The lowest BCUT2D eigenvalue weighted by Crippen LogP contribution is -1.92. The van der Waals surface area contributed by atoms with E-state index < -0.39 is 0 Å². The monoisotopic (exact) mass is 155 g/mol. The molecule has 0 radical (unpaired) electrons. The molecule has 2 N–H and O–H groups in total. The van der Waals surface area contributed by atoms with Crippen LogP contribution in [0.5, 0.6) is 0 Å². The summed E-state index contributed by atoms with van der Waals surface area (Å²) in [7, 11) is 0. The third-order valence-electron chi connectivity index (χ3n) is 1.56. The highest BCUT2D eigenvalue weighted by molar-refractivity contribution is 6.30. The summed E-state index contributed by atoms with van der Waals surface area (Å²) in [5.41, 5.74) is 8.62. The first-order chi connectivity index (χ1) is 4.61. The van der Waals surface area contributed by atoms with Gasteiger partial charge in [0.15, 0.2) is 0 Å². The molecule has 0 amide bonds. The Morgan fingerprint density at radius 2 is 1.60 bits per heavy atom. The van der Waals surface area contributed by atoms with Crippen molar-refractivity contribution < 1.29 is 0 Å². The summed E-state index contributed by atoms with van der Waals surface area (Å²) in [6.07, 6.45) is 0. The quantitative estimate of drug-likeness (QED) is 0.573. The molecule has 0 aliphatic heterocycles. The van der Waals surface area contributed by atoms with Gasteiger partial charge in [0.25, 0.3) is 0 Å². The normalized spacial score (nSPS) is 9.90. The molecule has 0 atom stereocenters. The molecule has 2 heteroatoms. The zero-order chi connectivity index (χ0) is 7.72. The number of aryl methyl sites for hydroxylation is 2. The molecule has 0 saturated heterocycles. The van der Waals surface area contributed by atoms with Gasteiger partial charge in [0.2, 0.25) is 0 Å². The number of nitrogens with two attached hydrogens (primary N) is 1. The second kappa shape index (κ2) is 2.51. The fourth-order valence-electron chi connectivity index (χ4n) is 0.922. The maximum Gasteiger partial charge on any atom is 0.0412 e. The summed E-state index contributed by atoms with van der Waals surface area (Å²) in [6, 6.07) is 3.73. The van der Waals surface area contributed by atoms with Crippen LogP contribution in [0.3, 0.4) is 0 Å². The van der Waals surface area contributed by atoms with Crippen LogP contribution in [0.2, 0.25) is 5.02 Å². The van der Waals surface area contributed by atoms with E-state index in [4.69, 9.17) is 17.3 Å². The van der Waals surface area contributed by atoms with Crippen molar-refractivity contribution in [2.75, 3.05) is 5.73 Å². The highest BCUT2D eigenvalue weighted by atomic mass is 35.5. The molecule has 1 nitrogen and oxygen atoms in total. The summed E-state index contributed by atoms with van der Waals surface area (Å²) in [4.78, 5) is 0. The minimum Gasteiger partial charge on any atom is -0.398 e. The fraction of sp³-hybridized carbons (Fsp3) is 0.250. The zero-order valence-electron chi connectivity index (χ0n) is 6.11. The van der Waals surface area contributed by atoms with Crippen molar-refractivity contribution in [2.24, 2.45) is 0 Å². The Balaban J connectivity index is 3.31. The van der Waals surface area contributed by atoms with Gasteiger partial charge in [-0.25, -0.2) is 0 Å². The van der Waals surface area contributed by atoms with Gasteiger partial charge < -0.3 is 5.73 Å². The van der Waals surface area contributed by atoms with Crippen LogP contribution in [-0.4, -0.2) is 0 Å².